The number of sulfonamides is 1. The van der Waals surface area contributed by atoms with Gasteiger partial charge in [0.05, 0.1) is 23.1 Å². The highest BCUT2D eigenvalue weighted by Crippen LogP contribution is 2.34. The maximum Gasteiger partial charge on any atom is 0.261 e. The number of likely N-dealkylation sites (N-methyl/N-ethyl adjacent to an activating group) is 1. The SMILES string of the molecule is Cc1ccc(S(=O)(=O)Nc2ccc3c(c2)C(=O)N([C@@H](C)CO)C[C@H](C)[C@H](CN(C)Cc2ccc4c(c2)OCO4)O3)cc1. The summed E-state index contributed by atoms with van der Waals surface area (Å²) in [7, 11) is -1.87. The molecule has 0 aromatic heterocycles. The molecule has 5 rings (SSSR count). The molecular weight excluding hydrogens is 558 g/mol. The average molecular weight is 596 g/mol. The first-order valence-corrected chi connectivity index (χ1v) is 15.4. The summed E-state index contributed by atoms with van der Waals surface area (Å²) in [6.07, 6.45) is -0.292. The van der Waals surface area contributed by atoms with Crippen LogP contribution in [0.2, 0.25) is 0 Å². The number of aliphatic hydroxyl groups excluding tert-OH is 1. The predicted octanol–water partition coefficient (Wildman–Crippen LogP) is 3.88. The van der Waals surface area contributed by atoms with Gasteiger partial charge in [-0.15, -0.1) is 0 Å². The number of benzene rings is 3. The van der Waals surface area contributed by atoms with Crippen LogP contribution in [-0.2, 0) is 16.6 Å². The fourth-order valence-corrected chi connectivity index (χ4v) is 6.21. The molecule has 1 amide bonds. The third-order valence-corrected chi connectivity index (χ3v) is 9.03. The third kappa shape index (κ3) is 6.48. The van der Waals surface area contributed by atoms with Crippen LogP contribution in [0.3, 0.4) is 0 Å². The maximum absolute atomic E-state index is 13.7. The number of nitrogens with one attached hydrogen (secondary N) is 1. The van der Waals surface area contributed by atoms with E-state index >= 15 is 0 Å². The third-order valence-electron chi connectivity index (χ3n) is 7.63. The van der Waals surface area contributed by atoms with Gasteiger partial charge in [-0.2, -0.15) is 0 Å². The summed E-state index contributed by atoms with van der Waals surface area (Å²) in [5.41, 5.74) is 2.49. The molecule has 42 heavy (non-hydrogen) atoms. The molecule has 3 atom stereocenters. The van der Waals surface area contributed by atoms with Crippen molar-refractivity contribution in [2.24, 2.45) is 5.92 Å². The van der Waals surface area contributed by atoms with Gasteiger partial charge in [-0.3, -0.25) is 14.4 Å². The van der Waals surface area contributed by atoms with E-state index in [4.69, 9.17) is 14.2 Å². The molecule has 2 N–H and O–H groups in total. The molecule has 0 saturated heterocycles. The highest BCUT2D eigenvalue weighted by molar-refractivity contribution is 7.92. The van der Waals surface area contributed by atoms with Crippen molar-refractivity contribution in [2.45, 2.75) is 44.4 Å². The number of hydrogen-bond donors (Lipinski definition) is 2. The van der Waals surface area contributed by atoms with E-state index in [1.54, 1.807) is 36.1 Å². The second kappa shape index (κ2) is 12.2. The monoisotopic (exact) mass is 595 g/mol. The predicted molar refractivity (Wildman–Crippen MR) is 158 cm³/mol. The fraction of sp³-hybridized carbons (Fsp3) is 0.387. The zero-order valence-corrected chi connectivity index (χ0v) is 25.1. The number of nitrogens with zero attached hydrogens (tertiary/aromatic N) is 2. The van der Waals surface area contributed by atoms with Gasteiger partial charge >= 0.3 is 0 Å². The molecule has 2 aliphatic rings. The minimum Gasteiger partial charge on any atom is -0.488 e. The molecule has 0 radical (unpaired) electrons. The van der Waals surface area contributed by atoms with Crippen molar-refractivity contribution in [3.63, 3.8) is 0 Å². The second-order valence-corrected chi connectivity index (χ2v) is 12.8. The summed E-state index contributed by atoms with van der Waals surface area (Å²) in [5, 5.41) is 9.95. The number of anilines is 1. The van der Waals surface area contributed by atoms with E-state index in [1.807, 2.05) is 39.1 Å². The van der Waals surface area contributed by atoms with E-state index in [0.717, 1.165) is 22.6 Å². The molecule has 2 aliphatic heterocycles. The Bertz CT molecular complexity index is 1540. The Morgan fingerprint density at radius 1 is 1.05 bits per heavy atom. The van der Waals surface area contributed by atoms with E-state index in [-0.39, 0.29) is 47.5 Å². The Hall–Kier alpha value is -3.80. The van der Waals surface area contributed by atoms with Crippen molar-refractivity contribution in [1.29, 1.82) is 0 Å². The lowest BCUT2D eigenvalue weighted by molar-refractivity contribution is 0.0341. The van der Waals surface area contributed by atoms with Gasteiger partial charge in [-0.05, 0) is 68.9 Å². The molecule has 3 aromatic carbocycles. The van der Waals surface area contributed by atoms with E-state index < -0.39 is 16.1 Å². The summed E-state index contributed by atoms with van der Waals surface area (Å²) in [6, 6.07) is 16.7. The fourth-order valence-electron chi connectivity index (χ4n) is 5.16. The van der Waals surface area contributed by atoms with Crippen LogP contribution in [0.25, 0.3) is 0 Å². The van der Waals surface area contributed by atoms with Crippen LogP contribution >= 0.6 is 0 Å². The van der Waals surface area contributed by atoms with Crippen LogP contribution < -0.4 is 18.9 Å². The molecule has 0 spiro atoms. The van der Waals surface area contributed by atoms with Crippen LogP contribution in [0.5, 0.6) is 17.2 Å². The number of aryl methyl sites for hydroxylation is 1. The van der Waals surface area contributed by atoms with E-state index in [1.165, 1.54) is 18.2 Å². The number of amides is 1. The molecule has 0 aliphatic carbocycles. The molecule has 10 nitrogen and oxygen atoms in total. The Morgan fingerprint density at radius 3 is 2.50 bits per heavy atom. The van der Waals surface area contributed by atoms with Gasteiger partial charge in [0, 0.05) is 31.2 Å². The zero-order chi connectivity index (χ0) is 30.0. The Labute approximate surface area is 246 Å². The molecule has 3 aromatic rings. The van der Waals surface area contributed by atoms with Crippen molar-refractivity contribution in [1.82, 2.24) is 9.80 Å². The first kappa shape index (κ1) is 29.7. The van der Waals surface area contributed by atoms with Crippen LogP contribution in [0.4, 0.5) is 5.69 Å². The summed E-state index contributed by atoms with van der Waals surface area (Å²) in [4.78, 5) is 17.6. The van der Waals surface area contributed by atoms with Crippen LogP contribution in [0.15, 0.2) is 65.6 Å². The highest BCUT2D eigenvalue weighted by Gasteiger charge is 2.34. The molecule has 0 fully saturated rings. The molecule has 0 unspecified atom stereocenters. The highest BCUT2D eigenvalue weighted by atomic mass is 32.2. The lowest BCUT2D eigenvalue weighted by atomic mass is 9.99. The number of rotatable bonds is 9. The number of aliphatic hydroxyl groups is 1. The molecular formula is C31H37N3O7S. The van der Waals surface area contributed by atoms with Gasteiger partial charge in [-0.1, -0.05) is 30.7 Å². The van der Waals surface area contributed by atoms with Crippen molar-refractivity contribution in [3.05, 3.63) is 77.4 Å². The topological polar surface area (TPSA) is 118 Å². The van der Waals surface area contributed by atoms with Crippen molar-refractivity contribution < 1.29 is 32.5 Å². The van der Waals surface area contributed by atoms with Gasteiger partial charge in [0.1, 0.15) is 11.9 Å². The Morgan fingerprint density at radius 2 is 1.76 bits per heavy atom. The van der Waals surface area contributed by atoms with Gasteiger partial charge < -0.3 is 24.2 Å². The van der Waals surface area contributed by atoms with Gasteiger partial charge in [0.25, 0.3) is 15.9 Å². The van der Waals surface area contributed by atoms with Gasteiger partial charge in [-0.25, -0.2) is 8.42 Å². The van der Waals surface area contributed by atoms with Gasteiger partial charge in [0.15, 0.2) is 11.5 Å². The first-order valence-electron chi connectivity index (χ1n) is 13.9. The number of fused-ring (bicyclic) bond motifs is 2. The lowest BCUT2D eigenvalue weighted by Gasteiger charge is -2.38. The summed E-state index contributed by atoms with van der Waals surface area (Å²) in [5.74, 6) is 1.43. The van der Waals surface area contributed by atoms with Gasteiger partial charge in [0.2, 0.25) is 6.79 Å². The minimum absolute atomic E-state index is 0.0602. The molecule has 11 heteroatoms. The minimum atomic E-state index is -3.87. The summed E-state index contributed by atoms with van der Waals surface area (Å²) < 4.78 is 46.1. The van der Waals surface area contributed by atoms with E-state index in [0.29, 0.717) is 25.4 Å². The molecule has 2 heterocycles. The van der Waals surface area contributed by atoms with E-state index in [9.17, 15) is 18.3 Å². The number of carbonyl (C=O) groups excluding carboxylic acids is 1. The van der Waals surface area contributed by atoms with E-state index in [2.05, 4.69) is 9.62 Å². The summed E-state index contributed by atoms with van der Waals surface area (Å²) in [6.45, 7) is 7.28. The molecule has 0 bridgehead atoms. The largest absolute Gasteiger partial charge is 0.488 e. The van der Waals surface area contributed by atoms with Crippen molar-refractivity contribution >= 4 is 21.6 Å². The smallest absolute Gasteiger partial charge is 0.261 e. The standard InChI is InChI=1S/C31H37N3O7S/c1-20-5-9-25(10-6-20)42(37,38)32-24-8-12-27-26(14-24)31(36)34(22(3)18-35)15-21(2)30(41-27)17-33(4)16-23-7-11-28-29(13-23)40-19-39-28/h5-14,21-22,30,32,35H,15-19H2,1-4H3/t21-,22-,30-/m0/s1. The quantitative estimate of drug-likeness (QED) is 0.383. The number of carbonyl (C=O) groups is 1. The Kier molecular flexibility index (Phi) is 8.63. The van der Waals surface area contributed by atoms with Crippen molar-refractivity contribution in [2.75, 3.05) is 38.3 Å². The summed E-state index contributed by atoms with van der Waals surface area (Å²) >= 11 is 0. The maximum atomic E-state index is 13.7. The van der Waals surface area contributed by atoms with Crippen LogP contribution in [-0.4, -0.2) is 74.9 Å². The van der Waals surface area contributed by atoms with Crippen LogP contribution in [0, 0.1) is 12.8 Å². The zero-order valence-electron chi connectivity index (χ0n) is 24.2. The normalized spacial score (nSPS) is 19.1. The second-order valence-electron chi connectivity index (χ2n) is 11.1. The average Bonchev–Trinajstić information content (AvgIpc) is 3.43. The molecule has 0 saturated carbocycles. The number of ether oxygens (including phenoxy) is 3. The first-order chi connectivity index (χ1) is 20.0. The Balaban J connectivity index is 1.40. The lowest BCUT2D eigenvalue weighted by Crippen LogP contribution is -2.49. The van der Waals surface area contributed by atoms with Crippen LogP contribution in [0.1, 0.15) is 35.3 Å². The molecule has 224 valence electrons. The number of hydrogen-bond acceptors (Lipinski definition) is 8. The van der Waals surface area contributed by atoms with Crippen molar-refractivity contribution in [3.8, 4) is 17.2 Å².